The van der Waals surface area contributed by atoms with Crippen LogP contribution in [0.25, 0.3) is 110 Å². The Labute approximate surface area is 333 Å². The molecule has 4 aromatic heterocycles. The minimum Gasteiger partial charge on any atom is -0.309 e. The van der Waals surface area contributed by atoms with E-state index >= 15 is 0 Å². The van der Waals surface area contributed by atoms with Crippen molar-refractivity contribution in [3.8, 4) is 22.7 Å². The summed E-state index contributed by atoms with van der Waals surface area (Å²) in [5.74, 6) is 0. The highest BCUT2D eigenvalue weighted by molar-refractivity contribution is 6.20. The fourth-order valence-electron chi connectivity index (χ4n) is 10.1. The standard InChI is InChI=1S/C54H34N4/c1-2-17-35(18-3-1)55-43-26-9-6-21-38(43)40-24-15-34-51(53(40)55)58-46-29-12-7-22-39(46)41-25-14-33-50(54(41)58)57-47-30-13-8-23-42(47)52-48(31-16-32-49(52)57)56-44-27-10-4-19-36(44)37-20-5-11-28-45(37)56/h1-34H. The fraction of sp³-hybridized carbons (Fsp3) is 0. The van der Waals surface area contributed by atoms with Gasteiger partial charge in [-0.05, 0) is 66.7 Å². The third-order valence-corrected chi connectivity index (χ3v) is 12.3. The van der Waals surface area contributed by atoms with Crippen LogP contribution in [0.4, 0.5) is 0 Å². The molecule has 0 unspecified atom stereocenters. The molecule has 0 amide bonds. The predicted octanol–water partition coefficient (Wildman–Crippen LogP) is 14.1. The van der Waals surface area contributed by atoms with Crippen LogP contribution in [0.2, 0.25) is 0 Å². The molecule has 270 valence electrons. The van der Waals surface area contributed by atoms with Crippen LogP contribution in [0.5, 0.6) is 0 Å². The number of aromatic nitrogens is 4. The maximum atomic E-state index is 2.53. The minimum absolute atomic E-state index is 1.14. The van der Waals surface area contributed by atoms with Gasteiger partial charge >= 0.3 is 0 Å². The molecule has 58 heavy (non-hydrogen) atoms. The zero-order chi connectivity index (χ0) is 37.9. The summed E-state index contributed by atoms with van der Waals surface area (Å²) in [5.41, 5.74) is 14.1. The van der Waals surface area contributed by atoms with Gasteiger partial charge in [-0.15, -0.1) is 0 Å². The Hall–Kier alpha value is -7.82. The summed E-state index contributed by atoms with van der Waals surface area (Å²) >= 11 is 0. The third-order valence-electron chi connectivity index (χ3n) is 12.3. The van der Waals surface area contributed by atoms with E-state index in [-0.39, 0.29) is 0 Å². The molecular weight excluding hydrogens is 705 g/mol. The van der Waals surface area contributed by atoms with Crippen LogP contribution in [0.1, 0.15) is 0 Å². The highest BCUT2D eigenvalue weighted by Crippen LogP contribution is 2.44. The molecule has 0 aliphatic rings. The van der Waals surface area contributed by atoms with Gasteiger partial charge in [-0.1, -0.05) is 140 Å². The molecule has 4 heteroatoms. The molecule has 0 fully saturated rings. The molecule has 13 rings (SSSR count). The first-order valence-corrected chi connectivity index (χ1v) is 20.0. The molecule has 0 radical (unpaired) electrons. The molecule has 13 aromatic rings. The fourth-order valence-corrected chi connectivity index (χ4v) is 10.1. The summed E-state index contributed by atoms with van der Waals surface area (Å²) in [5, 5.41) is 9.89. The zero-order valence-electron chi connectivity index (χ0n) is 31.4. The summed E-state index contributed by atoms with van der Waals surface area (Å²) in [6, 6.07) is 75.4. The predicted molar refractivity (Wildman–Crippen MR) is 244 cm³/mol. The van der Waals surface area contributed by atoms with E-state index in [1.165, 1.54) is 92.9 Å². The zero-order valence-corrected chi connectivity index (χ0v) is 31.4. The molecular formula is C54H34N4. The van der Waals surface area contributed by atoms with Gasteiger partial charge < -0.3 is 18.3 Å². The van der Waals surface area contributed by atoms with Gasteiger partial charge in [0, 0.05) is 48.8 Å². The van der Waals surface area contributed by atoms with E-state index in [9.17, 15) is 0 Å². The molecule has 4 heterocycles. The largest absolute Gasteiger partial charge is 0.309 e. The summed E-state index contributed by atoms with van der Waals surface area (Å²) < 4.78 is 9.94. The molecule has 4 nitrogen and oxygen atoms in total. The summed E-state index contributed by atoms with van der Waals surface area (Å²) in [4.78, 5) is 0. The van der Waals surface area contributed by atoms with E-state index in [0.29, 0.717) is 0 Å². The van der Waals surface area contributed by atoms with E-state index in [1.807, 2.05) is 0 Å². The third kappa shape index (κ3) is 4.13. The van der Waals surface area contributed by atoms with Gasteiger partial charge in [-0.25, -0.2) is 0 Å². The van der Waals surface area contributed by atoms with Crippen LogP contribution in [0, 0.1) is 0 Å². The van der Waals surface area contributed by atoms with Gasteiger partial charge in [0.15, 0.2) is 0 Å². The van der Waals surface area contributed by atoms with Crippen LogP contribution in [0.3, 0.4) is 0 Å². The van der Waals surface area contributed by atoms with Gasteiger partial charge in [0.05, 0.1) is 61.2 Å². The molecule has 0 saturated carbocycles. The highest BCUT2D eigenvalue weighted by atomic mass is 15.1. The van der Waals surface area contributed by atoms with Crippen molar-refractivity contribution in [3.63, 3.8) is 0 Å². The average Bonchev–Trinajstić information content (AvgIpc) is 4.02. The van der Waals surface area contributed by atoms with Crippen molar-refractivity contribution in [2.75, 3.05) is 0 Å². The number of fused-ring (bicyclic) bond motifs is 12. The second-order valence-corrected chi connectivity index (χ2v) is 15.3. The second kappa shape index (κ2) is 11.8. The lowest BCUT2D eigenvalue weighted by Crippen LogP contribution is -2.03. The first kappa shape index (κ1) is 31.4. The summed E-state index contributed by atoms with van der Waals surface area (Å²) in [7, 11) is 0. The maximum Gasteiger partial charge on any atom is 0.0783 e. The van der Waals surface area contributed by atoms with Gasteiger partial charge in [-0.2, -0.15) is 0 Å². The van der Waals surface area contributed by atoms with Crippen molar-refractivity contribution >= 4 is 87.2 Å². The average molecular weight is 739 g/mol. The first-order valence-electron chi connectivity index (χ1n) is 20.0. The lowest BCUT2D eigenvalue weighted by atomic mass is 10.1. The number of hydrogen-bond donors (Lipinski definition) is 0. The molecule has 0 atom stereocenters. The molecule has 0 bridgehead atoms. The SMILES string of the molecule is c1ccc(-n2c3ccccc3c3cccc(-n4c5ccccc5c5cccc(-n6c7ccccc7c7c(-n8c9ccccc9c9ccccc98)cccc76)c54)c32)cc1. The Balaban J connectivity index is 1.19. The maximum absolute atomic E-state index is 2.53. The Bertz CT molecular complexity index is 3740. The van der Waals surface area contributed by atoms with Crippen molar-refractivity contribution < 1.29 is 0 Å². The Morgan fingerprint density at radius 2 is 0.552 bits per heavy atom. The van der Waals surface area contributed by atoms with Gasteiger partial charge in [0.25, 0.3) is 0 Å². The highest BCUT2D eigenvalue weighted by Gasteiger charge is 2.24. The number of benzene rings is 9. The topological polar surface area (TPSA) is 19.7 Å². The molecule has 0 N–H and O–H groups in total. The molecule has 0 spiro atoms. The van der Waals surface area contributed by atoms with Gasteiger partial charge in [0.1, 0.15) is 0 Å². The van der Waals surface area contributed by atoms with Crippen LogP contribution in [0.15, 0.2) is 206 Å². The number of hydrogen-bond acceptors (Lipinski definition) is 0. The van der Waals surface area contributed by atoms with Crippen LogP contribution in [-0.4, -0.2) is 18.3 Å². The van der Waals surface area contributed by atoms with Crippen LogP contribution >= 0.6 is 0 Å². The smallest absolute Gasteiger partial charge is 0.0783 e. The number of para-hydroxylation sites is 8. The van der Waals surface area contributed by atoms with Crippen molar-refractivity contribution in [2.45, 2.75) is 0 Å². The lowest BCUT2D eigenvalue weighted by Gasteiger charge is -2.17. The van der Waals surface area contributed by atoms with Crippen molar-refractivity contribution in [3.05, 3.63) is 206 Å². The van der Waals surface area contributed by atoms with E-state index in [2.05, 4.69) is 225 Å². The Morgan fingerprint density at radius 1 is 0.207 bits per heavy atom. The van der Waals surface area contributed by atoms with E-state index in [4.69, 9.17) is 0 Å². The van der Waals surface area contributed by atoms with Crippen LogP contribution in [-0.2, 0) is 0 Å². The monoisotopic (exact) mass is 738 g/mol. The quantitative estimate of drug-likeness (QED) is 0.171. The van der Waals surface area contributed by atoms with E-state index in [1.54, 1.807) is 0 Å². The molecule has 9 aromatic carbocycles. The van der Waals surface area contributed by atoms with Crippen LogP contribution < -0.4 is 0 Å². The Morgan fingerprint density at radius 3 is 1.14 bits per heavy atom. The van der Waals surface area contributed by atoms with E-state index in [0.717, 1.165) is 17.1 Å². The Kier molecular flexibility index (Phi) is 6.41. The summed E-state index contributed by atoms with van der Waals surface area (Å²) in [6.45, 7) is 0. The number of rotatable bonds is 4. The number of nitrogens with zero attached hydrogens (tertiary/aromatic N) is 4. The van der Waals surface area contributed by atoms with E-state index < -0.39 is 0 Å². The lowest BCUT2D eigenvalue weighted by molar-refractivity contribution is 1.11. The molecule has 0 aliphatic heterocycles. The van der Waals surface area contributed by atoms with Gasteiger partial charge in [0.2, 0.25) is 0 Å². The minimum atomic E-state index is 1.14. The molecule has 0 aliphatic carbocycles. The van der Waals surface area contributed by atoms with Crippen molar-refractivity contribution in [1.82, 2.24) is 18.3 Å². The first-order chi connectivity index (χ1) is 28.8. The molecule has 0 saturated heterocycles. The van der Waals surface area contributed by atoms with Crippen molar-refractivity contribution in [1.29, 1.82) is 0 Å². The van der Waals surface area contributed by atoms with Crippen molar-refractivity contribution in [2.24, 2.45) is 0 Å². The van der Waals surface area contributed by atoms with Gasteiger partial charge in [-0.3, -0.25) is 0 Å². The second-order valence-electron chi connectivity index (χ2n) is 15.3. The summed E-state index contributed by atoms with van der Waals surface area (Å²) in [6.07, 6.45) is 0. The normalized spacial score (nSPS) is 12.1.